The van der Waals surface area contributed by atoms with Gasteiger partial charge in [0.15, 0.2) is 0 Å². The van der Waals surface area contributed by atoms with Crippen LogP contribution in [-0.2, 0) is 6.54 Å². The third-order valence-electron chi connectivity index (χ3n) is 4.94. The van der Waals surface area contributed by atoms with Crippen molar-refractivity contribution < 1.29 is 0 Å². The highest BCUT2D eigenvalue weighted by Crippen LogP contribution is 2.34. The van der Waals surface area contributed by atoms with Crippen molar-refractivity contribution in [3.63, 3.8) is 0 Å². The molecule has 120 valence electrons. The maximum absolute atomic E-state index is 4.09. The summed E-state index contributed by atoms with van der Waals surface area (Å²) in [6, 6.07) is 10.8. The molecule has 1 saturated heterocycles. The normalized spacial score (nSPS) is 26.8. The molecule has 0 spiro atoms. The molecule has 1 aliphatic heterocycles. The second kappa shape index (κ2) is 6.72. The molecule has 0 radical (unpaired) electrons. The Balaban J connectivity index is 1.74. The monoisotopic (exact) mass is 305 g/mol. The van der Waals surface area contributed by atoms with Crippen LogP contribution in [0.3, 0.4) is 0 Å². The fourth-order valence-corrected chi connectivity index (χ4v) is 3.55. The summed E-state index contributed by atoms with van der Waals surface area (Å²) < 4.78 is 0. The first-order valence-corrected chi connectivity index (χ1v) is 8.55. The van der Waals surface area contributed by atoms with Gasteiger partial charge in [-0.3, -0.25) is 4.90 Å². The minimum Gasteiger partial charge on any atom is -0.298 e. The zero-order valence-electron chi connectivity index (χ0n) is 14.3. The van der Waals surface area contributed by atoms with Crippen LogP contribution in [0.2, 0.25) is 0 Å². The van der Waals surface area contributed by atoms with Crippen LogP contribution in [-0.4, -0.2) is 18.0 Å². The summed E-state index contributed by atoms with van der Waals surface area (Å²) in [6.45, 7) is 11.8. The maximum Gasteiger partial charge on any atom is 0.0234 e. The van der Waals surface area contributed by atoms with Gasteiger partial charge in [-0.1, -0.05) is 80.6 Å². The van der Waals surface area contributed by atoms with E-state index in [4.69, 9.17) is 0 Å². The third-order valence-corrected chi connectivity index (χ3v) is 4.94. The summed E-state index contributed by atoms with van der Waals surface area (Å²) >= 11 is 0. The quantitative estimate of drug-likeness (QED) is 0.708. The average molecular weight is 305 g/mol. The Hall–Kier alpha value is -1.86. The highest BCUT2D eigenvalue weighted by Gasteiger charge is 2.32. The zero-order chi connectivity index (χ0) is 16.3. The van der Waals surface area contributed by atoms with Crippen LogP contribution in [0.5, 0.6) is 0 Å². The van der Waals surface area contributed by atoms with E-state index in [1.165, 1.54) is 11.1 Å². The Morgan fingerprint density at radius 3 is 2.70 bits per heavy atom. The standard InChI is InChI=1S/C22H27N/c1-4-19-16-23(15-18-9-6-5-7-10-18)17-21(19)20-11-8-13-22(2,3)14-12-20/h4-14,19,21H,1,15-17H2,2-3H3/t19?,21-/m0/s1. The average Bonchev–Trinajstić information content (AvgIpc) is 2.85. The molecule has 0 aromatic heterocycles. The molecule has 2 aliphatic rings. The lowest BCUT2D eigenvalue weighted by Crippen LogP contribution is -2.20. The Bertz CT molecular complexity index is 633. The highest BCUT2D eigenvalue weighted by molar-refractivity contribution is 5.34. The topological polar surface area (TPSA) is 3.24 Å². The van der Waals surface area contributed by atoms with Crippen LogP contribution >= 0.6 is 0 Å². The lowest BCUT2D eigenvalue weighted by Gasteiger charge is -2.18. The smallest absolute Gasteiger partial charge is 0.0234 e. The van der Waals surface area contributed by atoms with Gasteiger partial charge in [-0.15, -0.1) is 6.58 Å². The summed E-state index contributed by atoms with van der Waals surface area (Å²) in [5.41, 5.74) is 2.97. The fourth-order valence-electron chi connectivity index (χ4n) is 3.55. The highest BCUT2D eigenvalue weighted by atomic mass is 15.1. The van der Waals surface area contributed by atoms with Crippen LogP contribution in [0, 0.1) is 17.3 Å². The molecule has 0 saturated carbocycles. The van der Waals surface area contributed by atoms with E-state index in [1.807, 2.05) is 0 Å². The Labute approximate surface area is 140 Å². The number of likely N-dealkylation sites (tertiary alicyclic amines) is 1. The Kier molecular flexibility index (Phi) is 4.68. The lowest BCUT2D eigenvalue weighted by atomic mass is 9.87. The van der Waals surface area contributed by atoms with Crippen LogP contribution in [0.4, 0.5) is 0 Å². The van der Waals surface area contributed by atoms with Gasteiger partial charge < -0.3 is 0 Å². The van der Waals surface area contributed by atoms with Crippen molar-refractivity contribution in [1.82, 2.24) is 4.90 Å². The first-order chi connectivity index (χ1) is 11.1. The second-order valence-electron chi connectivity index (χ2n) is 7.37. The largest absolute Gasteiger partial charge is 0.298 e. The minimum atomic E-state index is 0.143. The van der Waals surface area contributed by atoms with Crippen LogP contribution in [0.15, 0.2) is 78.9 Å². The van der Waals surface area contributed by atoms with Crippen LogP contribution in [0.1, 0.15) is 19.4 Å². The van der Waals surface area contributed by atoms with Gasteiger partial charge in [-0.05, 0) is 17.1 Å². The lowest BCUT2D eigenvalue weighted by molar-refractivity contribution is 0.319. The molecule has 0 amide bonds. The number of allylic oxidation sites excluding steroid dienone is 5. The van der Waals surface area contributed by atoms with Gasteiger partial charge in [0, 0.05) is 31.0 Å². The van der Waals surface area contributed by atoms with Gasteiger partial charge in [0.1, 0.15) is 0 Å². The van der Waals surface area contributed by atoms with E-state index in [9.17, 15) is 0 Å². The predicted octanol–water partition coefficient (Wildman–Crippen LogP) is 5.00. The van der Waals surface area contributed by atoms with Gasteiger partial charge in [0.05, 0.1) is 0 Å². The van der Waals surface area contributed by atoms with E-state index in [0.29, 0.717) is 11.8 Å². The minimum absolute atomic E-state index is 0.143. The SMILES string of the molecule is C=CC1CN(Cc2ccccc2)C[C@@H]1C1=CC=CC(C)(C)C=C1. The molecule has 1 aromatic rings. The number of nitrogens with zero attached hydrogens (tertiary/aromatic N) is 1. The summed E-state index contributed by atoms with van der Waals surface area (Å²) in [5, 5.41) is 0. The van der Waals surface area contributed by atoms with Crippen molar-refractivity contribution >= 4 is 0 Å². The molecule has 1 fully saturated rings. The predicted molar refractivity (Wildman–Crippen MR) is 99.0 cm³/mol. The van der Waals surface area contributed by atoms with Crippen molar-refractivity contribution in [1.29, 1.82) is 0 Å². The molecule has 3 rings (SSSR count). The fraction of sp³-hybridized carbons (Fsp3) is 0.364. The molecule has 1 aromatic carbocycles. The molecule has 0 bridgehead atoms. The molecule has 0 N–H and O–H groups in total. The molecule has 1 aliphatic carbocycles. The Morgan fingerprint density at radius 1 is 1.17 bits per heavy atom. The first-order valence-electron chi connectivity index (χ1n) is 8.55. The molecule has 1 heterocycles. The molecule has 1 unspecified atom stereocenters. The van der Waals surface area contributed by atoms with Crippen molar-refractivity contribution in [3.8, 4) is 0 Å². The number of hydrogen-bond acceptors (Lipinski definition) is 1. The molecule has 2 atom stereocenters. The molecule has 1 heteroatoms. The van der Waals surface area contributed by atoms with E-state index in [1.54, 1.807) is 0 Å². The van der Waals surface area contributed by atoms with E-state index in [0.717, 1.165) is 19.6 Å². The van der Waals surface area contributed by atoms with E-state index < -0.39 is 0 Å². The third kappa shape index (κ3) is 3.92. The number of hydrogen-bond donors (Lipinski definition) is 0. The van der Waals surface area contributed by atoms with Gasteiger partial charge in [-0.25, -0.2) is 0 Å². The van der Waals surface area contributed by atoms with E-state index in [2.05, 4.69) is 92.1 Å². The van der Waals surface area contributed by atoms with E-state index >= 15 is 0 Å². The van der Waals surface area contributed by atoms with Crippen molar-refractivity contribution in [2.75, 3.05) is 13.1 Å². The van der Waals surface area contributed by atoms with Crippen LogP contribution in [0.25, 0.3) is 0 Å². The van der Waals surface area contributed by atoms with Gasteiger partial charge >= 0.3 is 0 Å². The second-order valence-corrected chi connectivity index (χ2v) is 7.37. The van der Waals surface area contributed by atoms with Gasteiger partial charge in [0.2, 0.25) is 0 Å². The number of benzene rings is 1. The maximum atomic E-state index is 4.09. The zero-order valence-corrected chi connectivity index (χ0v) is 14.3. The van der Waals surface area contributed by atoms with Crippen LogP contribution < -0.4 is 0 Å². The molecule has 1 nitrogen and oxygen atoms in total. The van der Waals surface area contributed by atoms with Gasteiger partial charge in [-0.2, -0.15) is 0 Å². The summed E-state index contributed by atoms with van der Waals surface area (Å²) in [6.07, 6.45) is 13.6. The van der Waals surface area contributed by atoms with Crippen molar-refractivity contribution in [2.24, 2.45) is 17.3 Å². The summed E-state index contributed by atoms with van der Waals surface area (Å²) in [7, 11) is 0. The van der Waals surface area contributed by atoms with Crippen molar-refractivity contribution in [3.05, 3.63) is 84.5 Å². The molecule has 23 heavy (non-hydrogen) atoms. The molecular weight excluding hydrogens is 278 g/mol. The first kappa shape index (κ1) is 16.0. The van der Waals surface area contributed by atoms with Gasteiger partial charge in [0.25, 0.3) is 0 Å². The van der Waals surface area contributed by atoms with Crippen molar-refractivity contribution in [2.45, 2.75) is 20.4 Å². The summed E-state index contributed by atoms with van der Waals surface area (Å²) in [5.74, 6) is 1.08. The summed E-state index contributed by atoms with van der Waals surface area (Å²) in [4.78, 5) is 2.56. The molecular formula is C22H27N. The Morgan fingerprint density at radius 2 is 1.96 bits per heavy atom. The van der Waals surface area contributed by atoms with E-state index in [-0.39, 0.29) is 5.41 Å². The number of rotatable bonds is 4.